The smallest absolute Gasteiger partial charge is 0.321 e. The van der Waals surface area contributed by atoms with Crippen LogP contribution >= 0.6 is 0 Å². The minimum atomic E-state index is -0.760. The number of urea groups is 1. The van der Waals surface area contributed by atoms with Gasteiger partial charge in [0.25, 0.3) is 0 Å². The van der Waals surface area contributed by atoms with E-state index < -0.39 is 5.97 Å². The molecular weight excluding hydrogens is 268 g/mol. The topological polar surface area (TPSA) is 69.6 Å². The highest BCUT2D eigenvalue weighted by atomic mass is 16.4. The van der Waals surface area contributed by atoms with Crippen LogP contribution in [0, 0.1) is 0 Å². The van der Waals surface area contributed by atoms with E-state index in [1.54, 1.807) is 4.90 Å². The molecule has 5 nitrogen and oxygen atoms in total. The Morgan fingerprint density at radius 1 is 1.19 bits per heavy atom. The zero-order chi connectivity index (χ0) is 15.1. The lowest BCUT2D eigenvalue weighted by Gasteiger charge is -2.29. The number of unbranched alkanes of at least 4 members (excludes halogenated alkanes) is 2. The van der Waals surface area contributed by atoms with Crippen molar-refractivity contribution in [1.29, 1.82) is 0 Å². The van der Waals surface area contributed by atoms with E-state index in [1.807, 2.05) is 18.2 Å². The minimum absolute atomic E-state index is 0.0552. The molecule has 0 aliphatic carbocycles. The highest BCUT2D eigenvalue weighted by Crippen LogP contribution is 2.26. The van der Waals surface area contributed by atoms with Crippen molar-refractivity contribution in [3.8, 4) is 0 Å². The number of carboxylic acids is 1. The van der Waals surface area contributed by atoms with Gasteiger partial charge in [0.15, 0.2) is 0 Å². The Morgan fingerprint density at radius 3 is 2.81 bits per heavy atom. The average Bonchev–Trinajstić information content (AvgIpc) is 2.49. The van der Waals surface area contributed by atoms with Crippen LogP contribution in [0.15, 0.2) is 24.3 Å². The summed E-state index contributed by atoms with van der Waals surface area (Å²) in [4.78, 5) is 24.4. The molecule has 2 N–H and O–H groups in total. The monoisotopic (exact) mass is 290 g/mol. The molecule has 2 rings (SSSR count). The molecule has 1 heterocycles. The van der Waals surface area contributed by atoms with Gasteiger partial charge in [0.1, 0.15) is 0 Å². The summed E-state index contributed by atoms with van der Waals surface area (Å²) in [6, 6.07) is 7.96. The normalized spacial score (nSPS) is 13.6. The van der Waals surface area contributed by atoms with E-state index >= 15 is 0 Å². The predicted octanol–water partition coefficient (Wildman–Crippen LogP) is 2.79. The number of aliphatic carboxylic acids is 1. The summed E-state index contributed by atoms with van der Waals surface area (Å²) >= 11 is 0. The largest absolute Gasteiger partial charge is 0.481 e. The zero-order valence-electron chi connectivity index (χ0n) is 12.2. The van der Waals surface area contributed by atoms with Crippen LogP contribution in [0.3, 0.4) is 0 Å². The third-order valence-corrected chi connectivity index (χ3v) is 3.70. The van der Waals surface area contributed by atoms with E-state index in [9.17, 15) is 9.59 Å². The molecule has 21 heavy (non-hydrogen) atoms. The second-order valence-corrected chi connectivity index (χ2v) is 5.32. The van der Waals surface area contributed by atoms with Gasteiger partial charge < -0.3 is 10.4 Å². The van der Waals surface area contributed by atoms with Crippen molar-refractivity contribution in [3.05, 3.63) is 29.8 Å². The SMILES string of the molecule is O=C(O)CCCCCNC(=O)N1CCCc2ccccc21. The van der Waals surface area contributed by atoms with E-state index in [-0.39, 0.29) is 12.5 Å². The molecule has 0 radical (unpaired) electrons. The van der Waals surface area contributed by atoms with Crippen molar-refractivity contribution in [3.63, 3.8) is 0 Å². The van der Waals surface area contributed by atoms with E-state index in [0.29, 0.717) is 13.0 Å². The van der Waals surface area contributed by atoms with Gasteiger partial charge in [-0.15, -0.1) is 0 Å². The molecular formula is C16H22N2O3. The number of para-hydroxylation sites is 1. The molecule has 5 heteroatoms. The number of rotatable bonds is 6. The maximum Gasteiger partial charge on any atom is 0.321 e. The fraction of sp³-hybridized carbons (Fsp3) is 0.500. The maximum absolute atomic E-state index is 12.2. The summed E-state index contributed by atoms with van der Waals surface area (Å²) in [7, 11) is 0. The number of anilines is 1. The molecule has 0 unspecified atom stereocenters. The number of hydrogen-bond acceptors (Lipinski definition) is 2. The lowest BCUT2D eigenvalue weighted by molar-refractivity contribution is -0.137. The van der Waals surface area contributed by atoms with E-state index in [0.717, 1.165) is 37.9 Å². The Bertz CT molecular complexity index is 502. The van der Waals surface area contributed by atoms with Crippen LogP contribution < -0.4 is 10.2 Å². The van der Waals surface area contributed by atoms with Crippen LogP contribution in [-0.4, -0.2) is 30.2 Å². The summed E-state index contributed by atoms with van der Waals surface area (Å²) in [5.41, 5.74) is 2.23. The number of fused-ring (bicyclic) bond motifs is 1. The molecule has 0 saturated heterocycles. The van der Waals surface area contributed by atoms with E-state index in [1.165, 1.54) is 5.56 Å². The lowest BCUT2D eigenvalue weighted by atomic mass is 10.0. The number of nitrogens with one attached hydrogen (secondary N) is 1. The summed E-state index contributed by atoms with van der Waals surface area (Å²) < 4.78 is 0. The molecule has 0 fully saturated rings. The maximum atomic E-state index is 12.2. The lowest BCUT2D eigenvalue weighted by Crippen LogP contribution is -2.43. The number of amides is 2. The summed E-state index contributed by atoms with van der Waals surface area (Å²) in [5, 5.41) is 11.5. The molecule has 114 valence electrons. The first-order valence-corrected chi connectivity index (χ1v) is 7.53. The summed E-state index contributed by atoms with van der Waals surface area (Å²) in [6.07, 6.45) is 4.51. The zero-order valence-corrected chi connectivity index (χ0v) is 12.2. The molecule has 2 amide bonds. The quantitative estimate of drug-likeness (QED) is 0.791. The van der Waals surface area contributed by atoms with Crippen molar-refractivity contribution < 1.29 is 14.7 Å². The van der Waals surface area contributed by atoms with Crippen LogP contribution in [-0.2, 0) is 11.2 Å². The molecule has 0 atom stereocenters. The number of carbonyl (C=O) groups excluding carboxylic acids is 1. The standard InChI is InChI=1S/C16H22N2O3/c19-15(20)10-2-1-5-11-17-16(21)18-12-6-8-13-7-3-4-9-14(13)18/h3-4,7,9H,1-2,5-6,8,10-12H2,(H,17,21)(H,19,20). The highest BCUT2D eigenvalue weighted by molar-refractivity contribution is 5.93. The van der Waals surface area contributed by atoms with Crippen LogP contribution in [0.5, 0.6) is 0 Å². The van der Waals surface area contributed by atoms with Gasteiger partial charge in [-0.2, -0.15) is 0 Å². The second kappa shape index (κ2) is 7.67. The van der Waals surface area contributed by atoms with Gasteiger partial charge >= 0.3 is 12.0 Å². The van der Waals surface area contributed by atoms with Crippen molar-refractivity contribution in [1.82, 2.24) is 5.32 Å². The van der Waals surface area contributed by atoms with E-state index in [4.69, 9.17) is 5.11 Å². The number of carboxylic acid groups (broad SMARTS) is 1. The molecule has 1 aliphatic heterocycles. The van der Waals surface area contributed by atoms with Gasteiger partial charge in [-0.05, 0) is 37.3 Å². The third-order valence-electron chi connectivity index (χ3n) is 3.70. The Kier molecular flexibility index (Phi) is 5.60. The molecule has 1 aliphatic rings. The Morgan fingerprint density at radius 2 is 2.00 bits per heavy atom. The summed E-state index contributed by atoms with van der Waals surface area (Å²) in [6.45, 7) is 1.35. The number of carbonyl (C=O) groups is 2. The second-order valence-electron chi connectivity index (χ2n) is 5.32. The first-order chi connectivity index (χ1) is 10.2. The molecule has 0 bridgehead atoms. The van der Waals surface area contributed by atoms with Gasteiger partial charge in [0.2, 0.25) is 0 Å². The van der Waals surface area contributed by atoms with Gasteiger partial charge in [0, 0.05) is 25.2 Å². The van der Waals surface area contributed by atoms with Crippen molar-refractivity contribution in [2.75, 3.05) is 18.0 Å². The molecule has 1 aromatic carbocycles. The third kappa shape index (κ3) is 4.48. The van der Waals surface area contributed by atoms with Gasteiger partial charge in [-0.25, -0.2) is 4.79 Å². The fourth-order valence-electron chi connectivity index (χ4n) is 2.61. The van der Waals surface area contributed by atoms with Crippen LogP contribution in [0.25, 0.3) is 0 Å². The molecule has 1 aromatic rings. The van der Waals surface area contributed by atoms with Crippen molar-refractivity contribution >= 4 is 17.7 Å². The molecule has 0 aromatic heterocycles. The fourth-order valence-corrected chi connectivity index (χ4v) is 2.61. The van der Waals surface area contributed by atoms with Crippen molar-refractivity contribution in [2.24, 2.45) is 0 Å². The number of benzene rings is 1. The summed E-state index contributed by atoms with van der Waals surface area (Å²) in [5.74, 6) is -0.760. The first kappa shape index (κ1) is 15.4. The van der Waals surface area contributed by atoms with Gasteiger partial charge in [-0.1, -0.05) is 24.6 Å². The minimum Gasteiger partial charge on any atom is -0.481 e. The van der Waals surface area contributed by atoms with Crippen LogP contribution in [0.1, 0.15) is 37.7 Å². The molecule has 0 spiro atoms. The average molecular weight is 290 g/mol. The van der Waals surface area contributed by atoms with Crippen LogP contribution in [0.4, 0.5) is 10.5 Å². The van der Waals surface area contributed by atoms with Crippen molar-refractivity contribution in [2.45, 2.75) is 38.5 Å². The highest BCUT2D eigenvalue weighted by Gasteiger charge is 2.21. The molecule has 0 saturated carbocycles. The predicted molar refractivity (Wildman–Crippen MR) is 81.6 cm³/mol. The Labute approximate surface area is 125 Å². The first-order valence-electron chi connectivity index (χ1n) is 7.53. The number of hydrogen-bond donors (Lipinski definition) is 2. The Balaban J connectivity index is 1.76. The van der Waals surface area contributed by atoms with Crippen LogP contribution in [0.2, 0.25) is 0 Å². The number of nitrogens with zero attached hydrogens (tertiary/aromatic N) is 1. The Hall–Kier alpha value is -2.04. The van der Waals surface area contributed by atoms with Gasteiger partial charge in [0.05, 0.1) is 0 Å². The van der Waals surface area contributed by atoms with E-state index in [2.05, 4.69) is 11.4 Å². The van der Waals surface area contributed by atoms with Gasteiger partial charge in [-0.3, -0.25) is 9.69 Å². The number of aryl methyl sites for hydroxylation is 1.